The molecule has 3 N–H and O–H groups in total. The molecule has 1 atom stereocenters. The molecule has 0 saturated heterocycles. The second-order valence-corrected chi connectivity index (χ2v) is 6.76. The number of hydrogen-bond donors (Lipinski definition) is 2. The molecule has 7 nitrogen and oxygen atoms in total. The summed E-state index contributed by atoms with van der Waals surface area (Å²) in [5.41, 5.74) is 1.73. The minimum absolute atomic E-state index is 0.248. The molecule has 1 amide bonds. The highest BCUT2D eigenvalue weighted by Gasteiger charge is 2.20. The molecule has 3 aromatic rings. The fourth-order valence-corrected chi connectivity index (χ4v) is 3.05. The number of nitrogens with two attached hydrogens (primary N) is 1. The Kier molecular flexibility index (Phi) is 5.20. The first kappa shape index (κ1) is 17.5. The van der Waals surface area contributed by atoms with Gasteiger partial charge in [0.1, 0.15) is 6.07 Å². The van der Waals surface area contributed by atoms with Crippen molar-refractivity contribution in [1.29, 1.82) is 5.26 Å². The normalized spacial score (nSPS) is 11.5. The second-order valence-electron chi connectivity index (χ2n) is 5.45. The van der Waals surface area contributed by atoms with Gasteiger partial charge in [-0.1, -0.05) is 54.2 Å². The van der Waals surface area contributed by atoms with Gasteiger partial charge in [0.15, 0.2) is 5.82 Å². The zero-order chi connectivity index (χ0) is 18.5. The molecule has 8 heteroatoms. The average molecular weight is 364 g/mol. The third-order valence-electron chi connectivity index (χ3n) is 3.65. The van der Waals surface area contributed by atoms with Crippen LogP contribution >= 0.6 is 11.8 Å². The van der Waals surface area contributed by atoms with Crippen molar-refractivity contribution in [2.75, 3.05) is 11.2 Å². The van der Waals surface area contributed by atoms with Gasteiger partial charge in [-0.3, -0.25) is 4.79 Å². The molecule has 26 heavy (non-hydrogen) atoms. The Labute approximate surface area is 154 Å². The van der Waals surface area contributed by atoms with E-state index in [1.165, 1.54) is 16.4 Å². The molecule has 0 aliphatic rings. The van der Waals surface area contributed by atoms with E-state index in [0.29, 0.717) is 22.2 Å². The van der Waals surface area contributed by atoms with Crippen LogP contribution < -0.4 is 11.2 Å². The number of nitriles is 1. The van der Waals surface area contributed by atoms with Crippen molar-refractivity contribution in [1.82, 2.24) is 14.9 Å². The lowest BCUT2D eigenvalue weighted by Gasteiger charge is -2.12. The number of benzene rings is 2. The lowest BCUT2D eigenvalue weighted by molar-refractivity contribution is -0.115. The molecule has 0 aliphatic carbocycles. The van der Waals surface area contributed by atoms with Crippen molar-refractivity contribution < 1.29 is 4.79 Å². The third-order valence-corrected chi connectivity index (χ3v) is 4.71. The maximum absolute atomic E-state index is 12.4. The van der Waals surface area contributed by atoms with Crippen molar-refractivity contribution in [3.63, 3.8) is 0 Å². The topological polar surface area (TPSA) is 110 Å². The van der Waals surface area contributed by atoms with Crippen LogP contribution in [-0.2, 0) is 4.79 Å². The number of aromatic nitrogens is 3. The maximum atomic E-state index is 12.4. The summed E-state index contributed by atoms with van der Waals surface area (Å²) >= 11 is 1.20. The summed E-state index contributed by atoms with van der Waals surface area (Å²) < 4.78 is 1.37. The molecular weight excluding hydrogens is 348 g/mol. The summed E-state index contributed by atoms with van der Waals surface area (Å²) in [5.74, 6) is 6.35. The number of carbonyl (C=O) groups excluding carboxylic acids is 1. The number of para-hydroxylation sites is 1. The fraction of sp³-hybridized carbons (Fsp3) is 0.111. The number of amides is 1. The monoisotopic (exact) mass is 364 g/mol. The van der Waals surface area contributed by atoms with Gasteiger partial charge >= 0.3 is 0 Å². The van der Waals surface area contributed by atoms with Crippen LogP contribution in [0.3, 0.4) is 0 Å². The van der Waals surface area contributed by atoms with Crippen LogP contribution in [0.2, 0.25) is 0 Å². The van der Waals surface area contributed by atoms with E-state index < -0.39 is 5.25 Å². The Morgan fingerprint density at radius 2 is 1.88 bits per heavy atom. The summed E-state index contributed by atoms with van der Waals surface area (Å²) in [5, 5.41) is 20.0. The maximum Gasteiger partial charge on any atom is 0.237 e. The highest BCUT2D eigenvalue weighted by Crippen LogP contribution is 2.25. The van der Waals surface area contributed by atoms with E-state index >= 15 is 0 Å². The van der Waals surface area contributed by atoms with E-state index in [-0.39, 0.29) is 5.91 Å². The Balaban J connectivity index is 1.72. The summed E-state index contributed by atoms with van der Waals surface area (Å²) in [6.07, 6.45) is 0. The van der Waals surface area contributed by atoms with Crippen molar-refractivity contribution in [3.8, 4) is 17.5 Å². The zero-order valence-electron chi connectivity index (χ0n) is 14.0. The summed E-state index contributed by atoms with van der Waals surface area (Å²) in [7, 11) is 0. The van der Waals surface area contributed by atoms with E-state index in [2.05, 4.69) is 21.6 Å². The van der Waals surface area contributed by atoms with Crippen LogP contribution in [0, 0.1) is 11.3 Å². The van der Waals surface area contributed by atoms with Gasteiger partial charge in [-0.25, -0.2) is 4.68 Å². The van der Waals surface area contributed by atoms with Gasteiger partial charge in [-0.2, -0.15) is 5.26 Å². The highest BCUT2D eigenvalue weighted by atomic mass is 32.2. The smallest absolute Gasteiger partial charge is 0.237 e. The van der Waals surface area contributed by atoms with Crippen LogP contribution in [0.5, 0.6) is 0 Å². The predicted octanol–water partition coefficient (Wildman–Crippen LogP) is 2.65. The van der Waals surface area contributed by atoms with E-state index in [1.807, 2.05) is 30.3 Å². The zero-order valence-corrected chi connectivity index (χ0v) is 14.8. The number of nitrogen functional groups attached to an aromatic ring is 1. The third kappa shape index (κ3) is 3.68. The average Bonchev–Trinajstić information content (AvgIpc) is 3.03. The van der Waals surface area contributed by atoms with E-state index in [4.69, 9.17) is 11.1 Å². The molecule has 0 bridgehead atoms. The molecule has 130 valence electrons. The lowest BCUT2D eigenvalue weighted by Crippen LogP contribution is -2.24. The Bertz CT molecular complexity index is 963. The molecule has 0 spiro atoms. The van der Waals surface area contributed by atoms with E-state index in [9.17, 15) is 4.79 Å². The standard InChI is InChI=1S/C18H16N6OS/c1-12(17(25)21-15-10-6-5-9-14(15)11-19)26-18-23-22-16(24(18)20)13-7-3-2-4-8-13/h2-10,12H,20H2,1H3,(H,21,25). The number of nitrogens with one attached hydrogen (secondary N) is 1. The number of hydrogen-bond acceptors (Lipinski definition) is 6. The fourth-order valence-electron chi connectivity index (χ4n) is 2.28. The van der Waals surface area contributed by atoms with E-state index in [1.54, 1.807) is 31.2 Å². The molecule has 0 aliphatic heterocycles. The van der Waals surface area contributed by atoms with Crippen LogP contribution in [-0.4, -0.2) is 26.0 Å². The second kappa shape index (κ2) is 7.72. The number of anilines is 1. The Hall–Kier alpha value is -3.31. The number of nitrogens with zero attached hydrogens (tertiary/aromatic N) is 4. The van der Waals surface area contributed by atoms with Crippen LogP contribution in [0.25, 0.3) is 11.4 Å². The first-order valence-electron chi connectivity index (χ1n) is 7.82. The van der Waals surface area contributed by atoms with Gasteiger partial charge in [0.05, 0.1) is 16.5 Å². The van der Waals surface area contributed by atoms with Gasteiger partial charge < -0.3 is 11.2 Å². The molecule has 3 rings (SSSR count). The molecule has 2 aromatic carbocycles. The van der Waals surface area contributed by atoms with Crippen LogP contribution in [0.1, 0.15) is 12.5 Å². The van der Waals surface area contributed by atoms with E-state index in [0.717, 1.165) is 5.56 Å². The number of rotatable bonds is 5. The molecular formula is C18H16N6OS. The summed E-state index contributed by atoms with van der Waals surface area (Å²) in [6, 6.07) is 18.3. The molecule has 0 radical (unpaired) electrons. The lowest BCUT2D eigenvalue weighted by atomic mass is 10.2. The van der Waals surface area contributed by atoms with Gasteiger partial charge in [0, 0.05) is 5.56 Å². The number of carbonyl (C=O) groups is 1. The molecule has 1 unspecified atom stereocenters. The Morgan fingerprint density at radius 1 is 1.19 bits per heavy atom. The van der Waals surface area contributed by atoms with Gasteiger partial charge in [-0.15, -0.1) is 10.2 Å². The summed E-state index contributed by atoms with van der Waals surface area (Å²) in [4.78, 5) is 12.4. The van der Waals surface area contributed by atoms with Crippen molar-refractivity contribution in [2.24, 2.45) is 0 Å². The molecule has 0 fully saturated rings. The molecule has 1 aromatic heterocycles. The van der Waals surface area contributed by atoms with Gasteiger partial charge in [0.25, 0.3) is 0 Å². The predicted molar refractivity (Wildman–Crippen MR) is 101 cm³/mol. The molecule has 0 saturated carbocycles. The minimum atomic E-state index is -0.475. The first-order valence-corrected chi connectivity index (χ1v) is 8.70. The highest BCUT2D eigenvalue weighted by molar-refractivity contribution is 8.00. The van der Waals surface area contributed by atoms with Crippen molar-refractivity contribution in [3.05, 3.63) is 60.2 Å². The summed E-state index contributed by atoms with van der Waals surface area (Å²) in [6.45, 7) is 1.74. The van der Waals surface area contributed by atoms with Crippen molar-refractivity contribution in [2.45, 2.75) is 17.3 Å². The Morgan fingerprint density at radius 3 is 2.62 bits per heavy atom. The SMILES string of the molecule is CC(Sc1nnc(-c2ccccc2)n1N)C(=O)Nc1ccccc1C#N. The molecule has 1 heterocycles. The largest absolute Gasteiger partial charge is 0.335 e. The quantitative estimate of drug-likeness (QED) is 0.532. The van der Waals surface area contributed by atoms with Crippen LogP contribution in [0.4, 0.5) is 5.69 Å². The van der Waals surface area contributed by atoms with Gasteiger partial charge in [0.2, 0.25) is 11.1 Å². The van der Waals surface area contributed by atoms with Gasteiger partial charge in [-0.05, 0) is 19.1 Å². The first-order chi connectivity index (χ1) is 12.6. The van der Waals surface area contributed by atoms with Crippen LogP contribution in [0.15, 0.2) is 59.8 Å². The minimum Gasteiger partial charge on any atom is -0.335 e. The van der Waals surface area contributed by atoms with Crippen molar-refractivity contribution >= 4 is 23.4 Å². The number of thioether (sulfide) groups is 1.